The maximum atomic E-state index is 10.9. The largest absolute Gasteiger partial charge is 0.400 e. The minimum Gasteiger partial charge on any atom is -0.400 e. The van der Waals surface area contributed by atoms with E-state index in [-0.39, 0.29) is 6.54 Å². The van der Waals surface area contributed by atoms with Gasteiger partial charge in [0.25, 0.3) is 0 Å². The summed E-state index contributed by atoms with van der Waals surface area (Å²) < 4.78 is 1.77. The lowest BCUT2D eigenvalue weighted by atomic mass is 10.0. The van der Waals surface area contributed by atoms with Crippen LogP contribution in [-0.2, 0) is 24.3 Å². The van der Waals surface area contributed by atoms with Crippen LogP contribution in [0.5, 0.6) is 0 Å². The zero-order valence-electron chi connectivity index (χ0n) is 24.9. The number of likely N-dealkylation sites (N-methyl/N-ethyl adjacent to an activating group) is 1. The van der Waals surface area contributed by atoms with Crippen molar-refractivity contribution in [3.63, 3.8) is 0 Å². The molecule has 0 unspecified atom stereocenters. The predicted octanol–water partition coefficient (Wildman–Crippen LogP) is 5.85. The summed E-state index contributed by atoms with van der Waals surface area (Å²) >= 11 is 0. The van der Waals surface area contributed by atoms with Crippen molar-refractivity contribution in [2.45, 2.75) is 39.4 Å². The number of aromatic nitrogens is 1. The molecule has 5 rings (SSSR count). The van der Waals surface area contributed by atoms with Gasteiger partial charge in [0, 0.05) is 51.1 Å². The second-order valence-corrected chi connectivity index (χ2v) is 9.47. The Hall–Kier alpha value is -3.84. The van der Waals surface area contributed by atoms with Gasteiger partial charge in [0.2, 0.25) is 0 Å². The molecule has 0 amide bonds. The van der Waals surface area contributed by atoms with E-state index in [1.165, 1.54) is 11.1 Å². The zero-order valence-corrected chi connectivity index (χ0v) is 24.9. The van der Waals surface area contributed by atoms with Crippen molar-refractivity contribution >= 4 is 12.6 Å². The molecular formula is C35H45N3O3. The van der Waals surface area contributed by atoms with E-state index in [1.807, 2.05) is 44.2 Å². The molecular weight excluding hydrogens is 510 g/mol. The molecule has 0 radical (unpaired) electrons. The van der Waals surface area contributed by atoms with E-state index in [2.05, 4.69) is 77.5 Å². The van der Waals surface area contributed by atoms with Crippen LogP contribution >= 0.6 is 0 Å². The van der Waals surface area contributed by atoms with Crippen LogP contribution in [0.25, 0.3) is 11.3 Å². The molecule has 6 heteroatoms. The van der Waals surface area contributed by atoms with Gasteiger partial charge in [0.05, 0.1) is 12.2 Å². The lowest BCUT2D eigenvalue weighted by molar-refractivity contribution is -0.108. The molecule has 1 atom stereocenters. The van der Waals surface area contributed by atoms with Crippen LogP contribution < -0.4 is 0 Å². The first-order valence-corrected chi connectivity index (χ1v) is 14.3. The van der Waals surface area contributed by atoms with Gasteiger partial charge in [-0.3, -0.25) is 9.69 Å². The Morgan fingerprint density at radius 3 is 1.90 bits per heavy atom. The Balaban J connectivity index is 0.000000263. The fourth-order valence-corrected chi connectivity index (χ4v) is 4.85. The molecule has 41 heavy (non-hydrogen) atoms. The third-order valence-corrected chi connectivity index (χ3v) is 6.86. The molecule has 2 heterocycles. The highest BCUT2D eigenvalue weighted by Gasteiger charge is 2.24. The van der Waals surface area contributed by atoms with Crippen molar-refractivity contribution in [3.8, 4) is 11.3 Å². The van der Waals surface area contributed by atoms with Gasteiger partial charge in [-0.05, 0) is 36.2 Å². The van der Waals surface area contributed by atoms with E-state index in [0.717, 1.165) is 63.5 Å². The average Bonchev–Trinajstić information content (AvgIpc) is 3.45. The van der Waals surface area contributed by atoms with E-state index < -0.39 is 0 Å². The molecule has 0 aliphatic carbocycles. The summed E-state index contributed by atoms with van der Waals surface area (Å²) in [6.45, 7) is 8.80. The molecule has 1 fully saturated rings. The van der Waals surface area contributed by atoms with E-state index in [0.29, 0.717) is 11.6 Å². The molecule has 0 bridgehead atoms. The second-order valence-electron chi connectivity index (χ2n) is 9.47. The lowest BCUT2D eigenvalue weighted by Crippen LogP contribution is -2.51. The van der Waals surface area contributed by atoms with Gasteiger partial charge in [-0.1, -0.05) is 105 Å². The Morgan fingerprint density at radius 2 is 1.34 bits per heavy atom. The molecule has 3 aromatic carbocycles. The molecule has 4 aromatic rings. The topological polar surface area (TPSA) is 65.8 Å². The SMILES string of the molecule is CC.CN1CCN(Cc2ccccc2)C[C@H]1Cc1ccccc1.CO.O=CCn1ccc(C=O)c1-c1ccccc1. The molecule has 0 saturated carbocycles. The fourth-order valence-electron chi connectivity index (χ4n) is 4.85. The Kier molecular flexibility index (Phi) is 15.7. The predicted molar refractivity (Wildman–Crippen MR) is 169 cm³/mol. The molecule has 1 N–H and O–H groups in total. The lowest BCUT2D eigenvalue weighted by Gasteiger charge is -2.39. The highest BCUT2D eigenvalue weighted by atomic mass is 16.2. The Labute approximate surface area is 245 Å². The molecule has 1 aliphatic heterocycles. The standard InChI is InChI=1S/C19H24N2.C13H11NO2.C2H6.CH4O/c1-20-12-13-21(15-18-10-6-3-7-11-18)16-19(20)14-17-8-4-2-5-9-17;15-9-8-14-7-6-12(10-16)13(14)11-4-2-1-3-5-11;2*1-2/h2-11,19H,12-16H2,1H3;1-7,9-10H,8H2;1-2H3;2H,1H3/t19-;;;/m1.../s1. The fraction of sp³-hybridized carbons (Fsp3) is 0.314. The van der Waals surface area contributed by atoms with Crippen LogP contribution in [0, 0.1) is 0 Å². The number of nitrogens with zero attached hydrogens (tertiary/aromatic N) is 3. The smallest absolute Gasteiger partial charge is 0.152 e. The summed E-state index contributed by atoms with van der Waals surface area (Å²) in [4.78, 5) is 26.6. The number of rotatable bonds is 8. The van der Waals surface area contributed by atoms with Crippen LogP contribution in [0.2, 0.25) is 0 Å². The summed E-state index contributed by atoms with van der Waals surface area (Å²) in [6.07, 6.45) is 4.52. The van der Waals surface area contributed by atoms with Crippen LogP contribution in [-0.4, -0.2) is 71.9 Å². The third kappa shape index (κ3) is 10.6. The minimum absolute atomic E-state index is 0.262. The van der Waals surface area contributed by atoms with Gasteiger partial charge in [0.15, 0.2) is 6.29 Å². The maximum absolute atomic E-state index is 10.9. The van der Waals surface area contributed by atoms with Gasteiger partial charge in [-0.15, -0.1) is 0 Å². The number of aliphatic hydroxyl groups excluding tert-OH is 1. The summed E-state index contributed by atoms with van der Waals surface area (Å²) in [5.41, 5.74) is 5.20. The summed E-state index contributed by atoms with van der Waals surface area (Å²) in [5.74, 6) is 0. The molecule has 6 nitrogen and oxygen atoms in total. The second kappa shape index (κ2) is 19.3. The molecule has 1 aliphatic rings. The summed E-state index contributed by atoms with van der Waals surface area (Å²) in [6, 6.07) is 33.6. The number of hydrogen-bond donors (Lipinski definition) is 1. The zero-order chi connectivity index (χ0) is 29.9. The molecule has 218 valence electrons. The first-order valence-electron chi connectivity index (χ1n) is 14.3. The Morgan fingerprint density at radius 1 is 0.780 bits per heavy atom. The first-order chi connectivity index (χ1) is 20.2. The van der Waals surface area contributed by atoms with Crippen molar-refractivity contribution in [2.75, 3.05) is 33.8 Å². The normalized spacial score (nSPS) is 14.7. The number of hydrogen-bond acceptors (Lipinski definition) is 5. The summed E-state index contributed by atoms with van der Waals surface area (Å²) in [7, 11) is 3.26. The molecule has 0 spiro atoms. The highest BCUT2D eigenvalue weighted by molar-refractivity contribution is 5.86. The number of piperazine rings is 1. The van der Waals surface area contributed by atoms with Crippen molar-refractivity contribution in [3.05, 3.63) is 120 Å². The van der Waals surface area contributed by atoms with E-state index in [4.69, 9.17) is 5.11 Å². The van der Waals surface area contributed by atoms with Gasteiger partial charge in [-0.2, -0.15) is 0 Å². The van der Waals surface area contributed by atoms with Gasteiger partial charge < -0.3 is 19.4 Å². The van der Waals surface area contributed by atoms with Crippen LogP contribution in [0.15, 0.2) is 103 Å². The number of carbonyl (C=O) groups is 2. The number of aliphatic hydroxyl groups is 1. The van der Waals surface area contributed by atoms with E-state index >= 15 is 0 Å². The quantitative estimate of drug-likeness (QED) is 0.277. The number of carbonyl (C=O) groups excluding carboxylic acids is 2. The maximum Gasteiger partial charge on any atom is 0.152 e. The van der Waals surface area contributed by atoms with Gasteiger partial charge in [0.1, 0.15) is 6.29 Å². The number of benzene rings is 3. The highest BCUT2D eigenvalue weighted by Crippen LogP contribution is 2.23. The van der Waals surface area contributed by atoms with Crippen LogP contribution in [0.4, 0.5) is 0 Å². The average molecular weight is 556 g/mol. The van der Waals surface area contributed by atoms with Crippen molar-refractivity contribution < 1.29 is 14.7 Å². The van der Waals surface area contributed by atoms with Gasteiger partial charge in [-0.25, -0.2) is 0 Å². The van der Waals surface area contributed by atoms with Crippen molar-refractivity contribution in [1.82, 2.24) is 14.4 Å². The Bertz CT molecular complexity index is 1240. The van der Waals surface area contributed by atoms with Crippen molar-refractivity contribution in [2.24, 2.45) is 0 Å². The van der Waals surface area contributed by atoms with Crippen molar-refractivity contribution in [1.29, 1.82) is 0 Å². The van der Waals surface area contributed by atoms with Crippen LogP contribution in [0.1, 0.15) is 35.3 Å². The van der Waals surface area contributed by atoms with Crippen LogP contribution in [0.3, 0.4) is 0 Å². The minimum atomic E-state index is 0.262. The first kappa shape index (κ1) is 33.4. The van der Waals surface area contributed by atoms with E-state index in [9.17, 15) is 9.59 Å². The number of aldehydes is 2. The summed E-state index contributed by atoms with van der Waals surface area (Å²) in [5, 5.41) is 7.00. The van der Waals surface area contributed by atoms with Gasteiger partial charge >= 0.3 is 0 Å². The van der Waals surface area contributed by atoms with E-state index in [1.54, 1.807) is 16.8 Å². The molecule has 1 saturated heterocycles. The third-order valence-electron chi connectivity index (χ3n) is 6.86. The monoisotopic (exact) mass is 555 g/mol. The molecule has 1 aromatic heterocycles.